The van der Waals surface area contributed by atoms with Gasteiger partial charge in [0.2, 0.25) is 0 Å². The monoisotopic (exact) mass is 420 g/mol. The van der Waals surface area contributed by atoms with E-state index in [1.165, 1.54) is 35.5 Å². The summed E-state index contributed by atoms with van der Waals surface area (Å²) in [5.41, 5.74) is 4.88. The molecule has 2 aliphatic rings. The van der Waals surface area contributed by atoms with Crippen molar-refractivity contribution in [3.8, 4) is 0 Å². The largest absolute Gasteiger partial charge is 0.465 e. The van der Waals surface area contributed by atoms with Crippen LogP contribution in [0.5, 0.6) is 0 Å². The van der Waals surface area contributed by atoms with Gasteiger partial charge in [0.05, 0.1) is 18.5 Å². The standard InChI is InChI=1S/C14H21N4O7PS/c1-3-23-13(20)7(2)17-26(22)24-6-8-11(25-26)10(19)12(27-8)18-5-4-9(15)16-14(18)21/h4-5,7-8,10-12,19H,3,6H2,1-2H3,(H,17,22)(H2,15,16,21)/t7-,8-,10+,11-,12-,26?/m1/s1. The average molecular weight is 420 g/mol. The van der Waals surface area contributed by atoms with Crippen LogP contribution in [0.3, 0.4) is 0 Å². The summed E-state index contributed by atoms with van der Waals surface area (Å²) in [5.74, 6) is -0.520. The quantitative estimate of drug-likeness (QED) is 0.431. The molecule has 0 bridgehead atoms. The number of carbonyl (C=O) groups excluding carboxylic acids is 1. The first-order chi connectivity index (χ1) is 12.7. The van der Waals surface area contributed by atoms with Crippen molar-refractivity contribution in [3.63, 3.8) is 0 Å². The Bertz CT molecular complexity index is 821. The first kappa shape index (κ1) is 20.3. The highest BCUT2D eigenvalue weighted by atomic mass is 32.2. The van der Waals surface area contributed by atoms with E-state index in [1.807, 2.05) is 0 Å². The highest BCUT2D eigenvalue weighted by Crippen LogP contribution is 2.56. The maximum absolute atomic E-state index is 12.8. The lowest BCUT2D eigenvalue weighted by molar-refractivity contribution is -0.144. The molecule has 0 amide bonds. The van der Waals surface area contributed by atoms with Gasteiger partial charge in [-0.05, 0) is 19.9 Å². The number of nitrogens with two attached hydrogens (primary N) is 1. The minimum atomic E-state index is -3.84. The molecule has 150 valence electrons. The maximum atomic E-state index is 12.8. The second-order valence-electron chi connectivity index (χ2n) is 6.06. The van der Waals surface area contributed by atoms with Crippen LogP contribution >= 0.6 is 19.5 Å². The molecule has 2 saturated heterocycles. The SMILES string of the molecule is CCOC(=O)[C@@H](C)NP1(=O)OC[C@H]2S[C@@H](n3ccc(N)nc3=O)[C@@H](O)[C@@H]2O1. The molecule has 0 spiro atoms. The Morgan fingerprint density at radius 2 is 2.41 bits per heavy atom. The van der Waals surface area contributed by atoms with Crippen LogP contribution in [0.25, 0.3) is 0 Å². The number of fused-ring (bicyclic) bond motifs is 1. The Balaban J connectivity index is 1.73. The fourth-order valence-corrected chi connectivity index (χ4v) is 6.21. The predicted octanol–water partition coefficient (Wildman–Crippen LogP) is -0.135. The number of thioether (sulfide) groups is 1. The number of nitrogens with zero attached hydrogens (tertiary/aromatic N) is 2. The molecule has 3 heterocycles. The van der Waals surface area contributed by atoms with Crippen LogP contribution < -0.4 is 16.5 Å². The number of rotatable bonds is 5. The Kier molecular flexibility index (Phi) is 5.94. The van der Waals surface area contributed by atoms with Gasteiger partial charge in [-0.3, -0.25) is 18.4 Å². The van der Waals surface area contributed by atoms with Crippen molar-refractivity contribution in [1.82, 2.24) is 14.6 Å². The number of hydrogen-bond donors (Lipinski definition) is 3. The van der Waals surface area contributed by atoms with Gasteiger partial charge in [0, 0.05) is 6.20 Å². The van der Waals surface area contributed by atoms with Crippen molar-refractivity contribution < 1.29 is 28.3 Å². The number of aromatic nitrogens is 2. The molecule has 0 radical (unpaired) electrons. The van der Waals surface area contributed by atoms with Crippen molar-refractivity contribution in [2.45, 2.75) is 42.7 Å². The van der Waals surface area contributed by atoms with Crippen LogP contribution in [-0.4, -0.2) is 57.3 Å². The summed E-state index contributed by atoms with van der Waals surface area (Å²) in [4.78, 5) is 27.4. The Morgan fingerprint density at radius 1 is 1.67 bits per heavy atom. The van der Waals surface area contributed by atoms with Crippen LogP contribution in [0, 0.1) is 0 Å². The summed E-state index contributed by atoms with van der Waals surface area (Å²) >= 11 is 1.25. The summed E-state index contributed by atoms with van der Waals surface area (Å²) in [6, 6.07) is 0.528. The second kappa shape index (κ2) is 7.90. The number of nitrogens with one attached hydrogen (secondary N) is 1. The van der Waals surface area contributed by atoms with Crippen molar-refractivity contribution in [3.05, 3.63) is 22.7 Å². The third kappa shape index (κ3) is 4.20. The van der Waals surface area contributed by atoms with E-state index in [0.29, 0.717) is 0 Å². The summed E-state index contributed by atoms with van der Waals surface area (Å²) in [6.07, 6.45) is -0.560. The van der Waals surface area contributed by atoms with Gasteiger partial charge in [-0.15, -0.1) is 11.8 Å². The van der Waals surface area contributed by atoms with Gasteiger partial charge in [-0.25, -0.2) is 14.4 Å². The van der Waals surface area contributed by atoms with E-state index in [0.717, 1.165) is 0 Å². The number of hydrogen-bond acceptors (Lipinski definition) is 10. The first-order valence-electron chi connectivity index (χ1n) is 8.29. The first-order valence-corrected chi connectivity index (χ1v) is 10.8. The van der Waals surface area contributed by atoms with Gasteiger partial charge in [-0.2, -0.15) is 4.98 Å². The third-order valence-electron chi connectivity index (χ3n) is 4.10. The number of nitrogen functional groups attached to an aromatic ring is 1. The molecule has 2 aliphatic heterocycles. The molecular formula is C14H21N4O7PS. The highest BCUT2D eigenvalue weighted by molar-refractivity contribution is 8.00. The average Bonchev–Trinajstić information content (AvgIpc) is 2.91. The number of esters is 1. The van der Waals surface area contributed by atoms with Crippen molar-refractivity contribution in [2.24, 2.45) is 0 Å². The maximum Gasteiger partial charge on any atom is 0.406 e. The lowest BCUT2D eigenvalue weighted by atomic mass is 10.1. The molecule has 6 atom stereocenters. The lowest BCUT2D eigenvalue weighted by Crippen LogP contribution is -2.44. The van der Waals surface area contributed by atoms with Crippen molar-refractivity contribution in [2.75, 3.05) is 18.9 Å². The zero-order chi connectivity index (χ0) is 19.8. The molecule has 27 heavy (non-hydrogen) atoms. The van der Waals surface area contributed by atoms with Gasteiger partial charge < -0.3 is 15.6 Å². The number of aliphatic hydroxyl groups is 1. The number of carbonyl (C=O) groups is 1. The van der Waals surface area contributed by atoms with E-state index in [9.17, 15) is 19.3 Å². The lowest BCUT2D eigenvalue weighted by Gasteiger charge is -2.33. The fourth-order valence-electron chi connectivity index (χ4n) is 2.82. The number of aliphatic hydroxyl groups excluding tert-OH is 1. The van der Waals surface area contributed by atoms with Crippen LogP contribution in [0.15, 0.2) is 17.1 Å². The van der Waals surface area contributed by atoms with E-state index in [1.54, 1.807) is 6.92 Å². The fraction of sp³-hybridized carbons (Fsp3) is 0.643. The molecule has 1 unspecified atom stereocenters. The van der Waals surface area contributed by atoms with Crippen LogP contribution in [0.2, 0.25) is 0 Å². The number of anilines is 1. The minimum absolute atomic E-state index is 0.0138. The van der Waals surface area contributed by atoms with Gasteiger partial charge in [0.1, 0.15) is 29.4 Å². The third-order valence-corrected chi connectivity index (χ3v) is 7.35. The van der Waals surface area contributed by atoms with E-state index in [4.69, 9.17) is 19.5 Å². The van der Waals surface area contributed by atoms with Gasteiger partial charge in [0.15, 0.2) is 0 Å². The van der Waals surface area contributed by atoms with Crippen LogP contribution in [-0.2, 0) is 23.1 Å². The molecule has 11 nitrogen and oxygen atoms in total. The van der Waals surface area contributed by atoms with Gasteiger partial charge in [0.25, 0.3) is 0 Å². The Hall–Kier alpha value is -1.43. The smallest absolute Gasteiger partial charge is 0.406 e. The molecule has 4 N–H and O–H groups in total. The van der Waals surface area contributed by atoms with Crippen LogP contribution in [0.4, 0.5) is 5.82 Å². The molecule has 0 aliphatic carbocycles. The van der Waals surface area contributed by atoms with Crippen molar-refractivity contribution in [1.29, 1.82) is 0 Å². The second-order valence-corrected chi connectivity index (χ2v) is 9.15. The zero-order valence-electron chi connectivity index (χ0n) is 14.7. The highest BCUT2D eigenvalue weighted by Gasteiger charge is 2.52. The summed E-state index contributed by atoms with van der Waals surface area (Å²) < 4.78 is 29.7. The molecule has 1 aromatic rings. The summed E-state index contributed by atoms with van der Waals surface area (Å²) in [5, 5.41) is 12.1. The summed E-state index contributed by atoms with van der Waals surface area (Å²) in [6.45, 7) is 3.33. The Labute approximate surface area is 159 Å². The van der Waals surface area contributed by atoms with E-state index >= 15 is 0 Å². The summed E-state index contributed by atoms with van der Waals surface area (Å²) in [7, 11) is -3.84. The topological polar surface area (TPSA) is 155 Å². The van der Waals surface area contributed by atoms with E-state index in [-0.39, 0.29) is 24.3 Å². The predicted molar refractivity (Wildman–Crippen MR) is 97.0 cm³/mol. The van der Waals surface area contributed by atoms with E-state index in [2.05, 4.69) is 10.1 Å². The molecule has 3 rings (SSSR count). The van der Waals surface area contributed by atoms with Gasteiger partial charge in [-0.1, -0.05) is 0 Å². The minimum Gasteiger partial charge on any atom is -0.465 e. The molecule has 0 saturated carbocycles. The molecule has 2 fully saturated rings. The van der Waals surface area contributed by atoms with E-state index < -0.39 is 43.0 Å². The van der Waals surface area contributed by atoms with Crippen molar-refractivity contribution >= 4 is 31.3 Å². The Morgan fingerprint density at radius 3 is 3.07 bits per heavy atom. The molecular weight excluding hydrogens is 399 g/mol. The normalized spacial score (nSPS) is 34.0. The molecule has 0 aromatic carbocycles. The molecule has 1 aromatic heterocycles. The van der Waals surface area contributed by atoms with Crippen LogP contribution in [0.1, 0.15) is 19.2 Å². The number of ether oxygens (including phenoxy) is 1. The zero-order valence-corrected chi connectivity index (χ0v) is 16.4. The molecule has 13 heteroatoms. The van der Waals surface area contributed by atoms with Gasteiger partial charge >= 0.3 is 19.4 Å².